The van der Waals surface area contributed by atoms with Crippen LogP contribution in [0.4, 0.5) is 0 Å². The fourth-order valence-corrected chi connectivity index (χ4v) is 2.25. The third kappa shape index (κ3) is 3.72. The highest BCUT2D eigenvalue weighted by atomic mass is 35.5. The highest BCUT2D eigenvalue weighted by molar-refractivity contribution is 5.85. The number of hydrogen-bond donors (Lipinski definition) is 1. The summed E-state index contributed by atoms with van der Waals surface area (Å²) >= 11 is 0. The third-order valence-corrected chi connectivity index (χ3v) is 3.37. The van der Waals surface area contributed by atoms with Gasteiger partial charge in [-0.15, -0.1) is 12.4 Å². The summed E-state index contributed by atoms with van der Waals surface area (Å²) in [7, 11) is 0. The van der Waals surface area contributed by atoms with Gasteiger partial charge in [0.25, 0.3) is 0 Å². The molecule has 18 heavy (non-hydrogen) atoms. The number of carbonyl (C=O) groups excluding carboxylic acids is 1. The second kappa shape index (κ2) is 6.76. The Morgan fingerprint density at radius 1 is 1.17 bits per heavy atom. The smallest absolute Gasteiger partial charge is 0.326 e. The van der Waals surface area contributed by atoms with Gasteiger partial charge in [-0.1, -0.05) is 49.6 Å². The Morgan fingerprint density at radius 3 is 2.39 bits per heavy atom. The van der Waals surface area contributed by atoms with Gasteiger partial charge in [-0.2, -0.15) is 0 Å². The molecule has 1 aliphatic rings. The zero-order chi connectivity index (χ0) is 12.1. The zero-order valence-corrected chi connectivity index (χ0v) is 11.2. The Balaban J connectivity index is 0.00000162. The Kier molecular flexibility index (Phi) is 5.63. The molecule has 0 spiro atoms. The first-order valence-corrected chi connectivity index (χ1v) is 6.21. The van der Waals surface area contributed by atoms with Crippen molar-refractivity contribution in [1.82, 2.24) is 0 Å². The van der Waals surface area contributed by atoms with Gasteiger partial charge in [0.1, 0.15) is 12.1 Å². The first-order chi connectivity index (χ1) is 8.21. The number of benzene rings is 1. The number of ether oxygens (including phenoxy) is 1. The van der Waals surface area contributed by atoms with Crippen LogP contribution in [0, 0.1) is 0 Å². The quantitative estimate of drug-likeness (QED) is 0.859. The molecule has 1 fully saturated rings. The van der Waals surface area contributed by atoms with Crippen LogP contribution in [-0.4, -0.2) is 11.5 Å². The van der Waals surface area contributed by atoms with Gasteiger partial charge in [0.15, 0.2) is 0 Å². The molecule has 1 aromatic rings. The maximum atomic E-state index is 11.9. The van der Waals surface area contributed by atoms with Crippen molar-refractivity contribution in [3.63, 3.8) is 0 Å². The second-order valence-corrected chi connectivity index (χ2v) is 4.78. The molecule has 2 rings (SSSR count). The van der Waals surface area contributed by atoms with Gasteiger partial charge in [-0.3, -0.25) is 4.79 Å². The molecule has 0 radical (unpaired) electrons. The average Bonchev–Trinajstić information content (AvgIpc) is 2.38. The number of halogens is 1. The van der Waals surface area contributed by atoms with E-state index in [2.05, 4.69) is 0 Å². The van der Waals surface area contributed by atoms with Gasteiger partial charge < -0.3 is 10.5 Å². The number of hydrogen-bond acceptors (Lipinski definition) is 3. The van der Waals surface area contributed by atoms with Crippen LogP contribution in [0.1, 0.15) is 37.7 Å². The van der Waals surface area contributed by atoms with Crippen molar-refractivity contribution in [3.8, 4) is 0 Å². The predicted octanol–water partition coefficient (Wildman–Crippen LogP) is 2.81. The van der Waals surface area contributed by atoms with Gasteiger partial charge in [0.2, 0.25) is 0 Å². The zero-order valence-electron chi connectivity index (χ0n) is 10.4. The van der Waals surface area contributed by atoms with Crippen molar-refractivity contribution in [2.75, 3.05) is 0 Å². The average molecular weight is 270 g/mol. The summed E-state index contributed by atoms with van der Waals surface area (Å²) in [6, 6.07) is 9.69. The van der Waals surface area contributed by atoms with E-state index in [0.29, 0.717) is 6.61 Å². The molecule has 0 heterocycles. The Bertz CT molecular complexity index is 375. The highest BCUT2D eigenvalue weighted by Gasteiger charge is 2.36. The van der Waals surface area contributed by atoms with E-state index in [0.717, 1.165) is 31.2 Å². The molecular formula is C14H20ClNO2. The SMILES string of the molecule is Cl.NC1(C(=O)OCc2ccccc2)CCCCC1. The summed E-state index contributed by atoms with van der Waals surface area (Å²) in [6.07, 6.45) is 4.72. The van der Waals surface area contributed by atoms with E-state index in [1.807, 2.05) is 30.3 Å². The monoisotopic (exact) mass is 269 g/mol. The molecule has 0 unspecified atom stereocenters. The van der Waals surface area contributed by atoms with Gasteiger partial charge in [0, 0.05) is 0 Å². The van der Waals surface area contributed by atoms with E-state index >= 15 is 0 Å². The molecule has 0 amide bonds. The number of carbonyl (C=O) groups is 1. The minimum Gasteiger partial charge on any atom is -0.459 e. The normalized spacial score (nSPS) is 17.6. The lowest BCUT2D eigenvalue weighted by molar-refractivity contribution is -0.152. The summed E-state index contributed by atoms with van der Waals surface area (Å²) in [5, 5.41) is 0. The fraction of sp³-hybridized carbons (Fsp3) is 0.500. The van der Waals surface area contributed by atoms with E-state index in [4.69, 9.17) is 10.5 Å². The minimum atomic E-state index is -0.743. The summed E-state index contributed by atoms with van der Waals surface area (Å²) in [6.45, 7) is 0.318. The molecular weight excluding hydrogens is 250 g/mol. The van der Waals surface area contributed by atoms with Crippen LogP contribution in [0.2, 0.25) is 0 Å². The van der Waals surface area contributed by atoms with Crippen molar-refractivity contribution in [3.05, 3.63) is 35.9 Å². The summed E-state index contributed by atoms with van der Waals surface area (Å²) in [4.78, 5) is 11.9. The summed E-state index contributed by atoms with van der Waals surface area (Å²) in [5.41, 5.74) is 6.35. The van der Waals surface area contributed by atoms with Crippen molar-refractivity contribution in [2.45, 2.75) is 44.2 Å². The van der Waals surface area contributed by atoms with Crippen molar-refractivity contribution in [1.29, 1.82) is 0 Å². The summed E-state index contributed by atoms with van der Waals surface area (Å²) in [5.74, 6) is -0.249. The molecule has 0 saturated heterocycles. The van der Waals surface area contributed by atoms with Crippen molar-refractivity contribution < 1.29 is 9.53 Å². The predicted molar refractivity (Wildman–Crippen MR) is 73.5 cm³/mol. The largest absolute Gasteiger partial charge is 0.459 e. The van der Waals surface area contributed by atoms with E-state index in [-0.39, 0.29) is 18.4 Å². The maximum absolute atomic E-state index is 11.9. The second-order valence-electron chi connectivity index (χ2n) is 4.78. The molecule has 0 aliphatic heterocycles. The summed E-state index contributed by atoms with van der Waals surface area (Å²) < 4.78 is 5.31. The molecule has 3 nitrogen and oxygen atoms in total. The van der Waals surface area contributed by atoms with Crippen LogP contribution in [0.3, 0.4) is 0 Å². The molecule has 1 saturated carbocycles. The lowest BCUT2D eigenvalue weighted by atomic mass is 9.83. The molecule has 4 heteroatoms. The first-order valence-electron chi connectivity index (χ1n) is 6.21. The standard InChI is InChI=1S/C14H19NO2.ClH/c15-14(9-5-2-6-10-14)13(16)17-11-12-7-3-1-4-8-12;/h1,3-4,7-8H,2,5-6,9-11,15H2;1H. The van der Waals surface area contributed by atoms with Crippen LogP contribution in [0.25, 0.3) is 0 Å². The number of rotatable bonds is 3. The maximum Gasteiger partial charge on any atom is 0.326 e. The van der Waals surface area contributed by atoms with E-state index in [1.54, 1.807) is 0 Å². The molecule has 1 aliphatic carbocycles. The van der Waals surface area contributed by atoms with Crippen LogP contribution in [0.5, 0.6) is 0 Å². The third-order valence-electron chi connectivity index (χ3n) is 3.37. The molecule has 1 aromatic carbocycles. The fourth-order valence-electron chi connectivity index (χ4n) is 2.25. The minimum absolute atomic E-state index is 0. The molecule has 100 valence electrons. The Morgan fingerprint density at radius 2 is 1.78 bits per heavy atom. The first kappa shape index (κ1) is 15.0. The van der Waals surface area contributed by atoms with Crippen LogP contribution in [0.15, 0.2) is 30.3 Å². The Hall–Kier alpha value is -1.06. The molecule has 2 N–H and O–H groups in total. The van der Waals surface area contributed by atoms with Crippen LogP contribution >= 0.6 is 12.4 Å². The number of esters is 1. The van der Waals surface area contributed by atoms with Gasteiger partial charge in [-0.05, 0) is 18.4 Å². The Labute approximate surface area is 114 Å². The molecule has 0 bridgehead atoms. The van der Waals surface area contributed by atoms with Crippen molar-refractivity contribution >= 4 is 18.4 Å². The number of nitrogens with two attached hydrogens (primary N) is 1. The van der Waals surface area contributed by atoms with Gasteiger partial charge >= 0.3 is 5.97 Å². The molecule has 0 atom stereocenters. The van der Waals surface area contributed by atoms with E-state index in [9.17, 15) is 4.79 Å². The molecule has 0 aromatic heterocycles. The van der Waals surface area contributed by atoms with Gasteiger partial charge in [0.05, 0.1) is 0 Å². The lowest BCUT2D eigenvalue weighted by Crippen LogP contribution is -2.50. The highest BCUT2D eigenvalue weighted by Crippen LogP contribution is 2.27. The lowest BCUT2D eigenvalue weighted by Gasteiger charge is -2.30. The van der Waals surface area contributed by atoms with E-state index < -0.39 is 5.54 Å². The van der Waals surface area contributed by atoms with E-state index in [1.165, 1.54) is 6.42 Å². The van der Waals surface area contributed by atoms with Crippen LogP contribution in [-0.2, 0) is 16.1 Å². The van der Waals surface area contributed by atoms with Gasteiger partial charge in [-0.25, -0.2) is 0 Å². The van der Waals surface area contributed by atoms with Crippen LogP contribution < -0.4 is 5.73 Å². The van der Waals surface area contributed by atoms with Crippen molar-refractivity contribution in [2.24, 2.45) is 5.73 Å². The topological polar surface area (TPSA) is 52.3 Å².